The highest BCUT2D eigenvalue weighted by Crippen LogP contribution is 2.72. The van der Waals surface area contributed by atoms with Gasteiger partial charge in [0.05, 0.1) is 18.6 Å². The van der Waals surface area contributed by atoms with Gasteiger partial charge in [-0.15, -0.1) is 0 Å². The Hall–Kier alpha value is -2.39. The molecule has 8 atom stereocenters. The number of allylic oxidation sites excluding steroid dienone is 4. The van der Waals surface area contributed by atoms with Gasteiger partial charge in [-0.2, -0.15) is 0 Å². The molecule has 0 unspecified atom stereocenters. The van der Waals surface area contributed by atoms with Crippen molar-refractivity contribution in [2.45, 2.75) is 63.8 Å². The third-order valence-electron chi connectivity index (χ3n) is 9.52. The van der Waals surface area contributed by atoms with E-state index in [1.54, 1.807) is 26.8 Å². The summed E-state index contributed by atoms with van der Waals surface area (Å²) in [6, 6.07) is 0. The number of aliphatic hydroxyl groups excluding tert-OH is 2. The van der Waals surface area contributed by atoms with E-state index in [2.05, 4.69) is 5.16 Å². The van der Waals surface area contributed by atoms with E-state index in [9.17, 15) is 24.6 Å². The molecule has 0 aromatic heterocycles. The predicted molar refractivity (Wildman–Crippen MR) is 117 cm³/mol. The number of ether oxygens (including phenoxy) is 1. The molecule has 5 rings (SSSR count). The third-order valence-corrected chi connectivity index (χ3v) is 9.52. The molecular weight excluding hydrogens is 445 g/mol. The van der Waals surface area contributed by atoms with E-state index in [0.29, 0.717) is 18.4 Å². The summed E-state index contributed by atoms with van der Waals surface area (Å²) in [7, 11) is 0. The van der Waals surface area contributed by atoms with Crippen LogP contribution in [0.5, 0.6) is 0 Å². The Labute approximate surface area is 196 Å². The van der Waals surface area contributed by atoms with Crippen molar-refractivity contribution in [1.82, 2.24) is 0 Å². The zero-order valence-electron chi connectivity index (χ0n) is 19.5. The number of oxime groups is 1. The molecule has 0 radical (unpaired) electrons. The van der Waals surface area contributed by atoms with Crippen molar-refractivity contribution in [3.8, 4) is 0 Å². The topological polar surface area (TPSA) is 122 Å². The van der Waals surface area contributed by atoms with Gasteiger partial charge in [-0.25, -0.2) is 9.18 Å². The normalized spacial score (nSPS) is 46.4. The van der Waals surface area contributed by atoms with Crippen molar-refractivity contribution in [2.24, 2.45) is 33.7 Å². The zero-order valence-corrected chi connectivity index (χ0v) is 19.5. The van der Waals surface area contributed by atoms with Crippen LogP contribution in [-0.2, 0) is 24.0 Å². The number of alkyl halides is 1. The Bertz CT molecular complexity index is 1070. The fraction of sp³-hybridized carbons (Fsp3) is 0.680. The molecule has 34 heavy (non-hydrogen) atoms. The van der Waals surface area contributed by atoms with Crippen molar-refractivity contribution in [3.63, 3.8) is 0 Å². The van der Waals surface area contributed by atoms with E-state index in [-0.39, 0.29) is 30.9 Å². The monoisotopic (exact) mass is 475 g/mol. The number of carbonyl (C=O) groups excluding carboxylic acids is 3. The van der Waals surface area contributed by atoms with Gasteiger partial charge in [-0.1, -0.05) is 23.7 Å². The average molecular weight is 476 g/mol. The maximum atomic E-state index is 17.3. The minimum Gasteiger partial charge on any atom is -0.461 e. The number of carbonyl (C=O) groups is 3. The van der Waals surface area contributed by atoms with Gasteiger partial charge in [0.25, 0.3) is 0 Å². The SMILES string of the molecule is CCOC(=O)C1=NO[C@]2(C(=O)CO)[C@H]1C[C@H]1[C@@H]3CCC4=CC(=O)C=C[C@]4(C)[C@@]3(F)[C@@H](O)C[C@@]12C. The van der Waals surface area contributed by atoms with Gasteiger partial charge >= 0.3 is 5.97 Å². The fourth-order valence-electron chi connectivity index (χ4n) is 7.96. The molecule has 3 saturated carbocycles. The van der Waals surface area contributed by atoms with Crippen LogP contribution in [0.2, 0.25) is 0 Å². The minimum absolute atomic E-state index is 0.0380. The molecule has 0 aromatic carbocycles. The van der Waals surface area contributed by atoms with Crippen LogP contribution < -0.4 is 0 Å². The summed E-state index contributed by atoms with van der Waals surface area (Å²) in [4.78, 5) is 43.6. The molecule has 4 aliphatic carbocycles. The first kappa shape index (κ1) is 23.4. The van der Waals surface area contributed by atoms with Crippen molar-refractivity contribution < 1.29 is 38.6 Å². The average Bonchev–Trinajstić information content (AvgIpc) is 3.29. The van der Waals surface area contributed by atoms with Crippen LogP contribution in [0.25, 0.3) is 0 Å². The lowest BCUT2D eigenvalue weighted by atomic mass is 9.44. The summed E-state index contributed by atoms with van der Waals surface area (Å²) in [5, 5.41) is 25.2. The second-order valence-corrected chi connectivity index (χ2v) is 10.7. The van der Waals surface area contributed by atoms with Gasteiger partial charge < -0.3 is 19.8 Å². The molecular formula is C25H30FNO7. The van der Waals surface area contributed by atoms with E-state index < -0.39 is 64.3 Å². The number of esters is 1. The molecule has 1 heterocycles. The Kier molecular flexibility index (Phi) is 5.02. The van der Waals surface area contributed by atoms with Crippen LogP contribution in [0.1, 0.15) is 46.5 Å². The van der Waals surface area contributed by atoms with E-state index in [0.717, 1.165) is 0 Å². The summed E-state index contributed by atoms with van der Waals surface area (Å²) < 4.78 is 22.4. The second kappa shape index (κ2) is 7.31. The van der Waals surface area contributed by atoms with Crippen LogP contribution in [0.3, 0.4) is 0 Å². The molecule has 0 spiro atoms. The van der Waals surface area contributed by atoms with Crippen LogP contribution in [-0.4, -0.2) is 64.0 Å². The smallest absolute Gasteiger partial charge is 0.356 e. The standard InChI is InChI=1S/C25H30FNO7/c1-4-33-21(32)20-17-10-16-15-6-5-13-9-14(29)7-8-22(13,2)24(15,26)18(30)11-23(16,3)25(17,34-27-20)19(31)12-28/h7-9,15-18,28,30H,4-6,10-12H2,1-3H3/t15-,16-,17-,18-,22-,23-,24-,25-/m0/s1. The minimum atomic E-state index is -2.08. The molecule has 3 fully saturated rings. The van der Waals surface area contributed by atoms with E-state index in [1.807, 2.05) is 0 Å². The molecule has 0 bridgehead atoms. The van der Waals surface area contributed by atoms with Crippen LogP contribution in [0, 0.1) is 28.6 Å². The van der Waals surface area contributed by atoms with Gasteiger partial charge in [-0.3, -0.25) is 9.59 Å². The molecule has 184 valence electrons. The van der Waals surface area contributed by atoms with Crippen molar-refractivity contribution in [3.05, 3.63) is 23.8 Å². The number of ketones is 2. The number of hydrogen-bond acceptors (Lipinski definition) is 8. The Morgan fingerprint density at radius 2 is 2.06 bits per heavy atom. The summed E-state index contributed by atoms with van der Waals surface area (Å²) in [5.74, 6) is -3.47. The van der Waals surface area contributed by atoms with E-state index in [4.69, 9.17) is 9.57 Å². The zero-order chi connectivity index (χ0) is 24.7. The van der Waals surface area contributed by atoms with E-state index >= 15 is 4.39 Å². The quantitative estimate of drug-likeness (QED) is 0.595. The van der Waals surface area contributed by atoms with Gasteiger partial charge in [0.15, 0.2) is 17.2 Å². The maximum Gasteiger partial charge on any atom is 0.356 e. The highest BCUT2D eigenvalue weighted by Gasteiger charge is 2.80. The van der Waals surface area contributed by atoms with Crippen LogP contribution in [0.4, 0.5) is 4.39 Å². The van der Waals surface area contributed by atoms with Crippen molar-refractivity contribution in [1.29, 1.82) is 0 Å². The summed E-state index contributed by atoms with van der Waals surface area (Å²) >= 11 is 0. The number of fused-ring (bicyclic) bond motifs is 7. The summed E-state index contributed by atoms with van der Waals surface area (Å²) in [5.41, 5.74) is -5.40. The first-order valence-electron chi connectivity index (χ1n) is 11.9. The van der Waals surface area contributed by atoms with Gasteiger partial charge in [-0.05, 0) is 57.6 Å². The van der Waals surface area contributed by atoms with Crippen molar-refractivity contribution >= 4 is 23.2 Å². The summed E-state index contributed by atoms with van der Waals surface area (Å²) in [6.45, 7) is 4.42. The lowest BCUT2D eigenvalue weighted by molar-refractivity contribution is -0.225. The highest BCUT2D eigenvalue weighted by atomic mass is 19.1. The lowest BCUT2D eigenvalue weighted by Crippen LogP contribution is -2.69. The number of rotatable bonds is 4. The Morgan fingerprint density at radius 1 is 1.32 bits per heavy atom. The number of nitrogens with zero attached hydrogens (tertiary/aromatic N) is 1. The lowest BCUT2D eigenvalue weighted by Gasteiger charge is -2.62. The first-order valence-corrected chi connectivity index (χ1v) is 11.9. The molecule has 0 amide bonds. The Morgan fingerprint density at radius 3 is 2.74 bits per heavy atom. The molecule has 0 saturated heterocycles. The molecule has 8 nitrogen and oxygen atoms in total. The molecule has 9 heteroatoms. The second-order valence-electron chi connectivity index (χ2n) is 10.7. The predicted octanol–water partition coefficient (Wildman–Crippen LogP) is 1.83. The first-order chi connectivity index (χ1) is 16.0. The highest BCUT2D eigenvalue weighted by molar-refractivity contribution is 6.38. The van der Waals surface area contributed by atoms with Gasteiger partial charge in [0, 0.05) is 16.7 Å². The molecule has 2 N–H and O–H groups in total. The van der Waals surface area contributed by atoms with Gasteiger partial charge in [0.1, 0.15) is 6.61 Å². The Balaban J connectivity index is 1.63. The number of hydrogen-bond donors (Lipinski definition) is 2. The number of Topliss-reactive ketones (excluding diaryl/α,β-unsaturated/α-hetero) is 1. The van der Waals surface area contributed by atoms with Crippen molar-refractivity contribution in [2.75, 3.05) is 13.2 Å². The van der Waals surface area contributed by atoms with Gasteiger partial charge in [0.2, 0.25) is 11.4 Å². The maximum absolute atomic E-state index is 17.3. The van der Waals surface area contributed by atoms with E-state index in [1.165, 1.54) is 12.2 Å². The molecule has 0 aromatic rings. The number of aliphatic hydroxyl groups is 2. The van der Waals surface area contributed by atoms with Crippen LogP contribution in [0.15, 0.2) is 29.0 Å². The fourth-order valence-corrected chi connectivity index (χ4v) is 7.96. The molecule has 5 aliphatic rings. The third kappa shape index (κ3) is 2.49. The largest absolute Gasteiger partial charge is 0.461 e. The van der Waals surface area contributed by atoms with Crippen LogP contribution >= 0.6 is 0 Å². The number of halogens is 1. The summed E-state index contributed by atoms with van der Waals surface area (Å²) in [6.07, 6.45) is 3.88. The molecule has 1 aliphatic heterocycles.